The number of aryl methyl sites for hydroxylation is 8. The van der Waals surface area contributed by atoms with Crippen LogP contribution in [0.3, 0.4) is 0 Å². The lowest BCUT2D eigenvalue weighted by Crippen LogP contribution is -2.17. The molecule has 4 atom stereocenters. The molecule has 76 heavy (non-hydrogen) atoms. The second-order valence-corrected chi connectivity index (χ2v) is 21.8. The molecule has 0 fully saturated rings. The molecular weight excluding hydrogens is 937 g/mol. The molecule has 7 heteroatoms. The molecule has 0 radical (unpaired) electrons. The third kappa shape index (κ3) is 13.4. The third-order valence-electron chi connectivity index (χ3n) is 15.9. The second-order valence-electron chi connectivity index (χ2n) is 21.8. The number of fused-ring (bicyclic) bond motifs is 7. The average molecular weight is 1020 g/mol. The van der Waals surface area contributed by atoms with Crippen LogP contribution in [-0.4, -0.2) is 33.0 Å². The van der Waals surface area contributed by atoms with Crippen LogP contribution < -0.4 is 20.1 Å². The van der Waals surface area contributed by atoms with Crippen LogP contribution in [0.5, 0.6) is 11.5 Å². The molecule has 0 saturated heterocycles. The Labute approximate surface area is 455 Å². The minimum absolute atomic E-state index is 0.275. The van der Waals surface area contributed by atoms with E-state index in [4.69, 9.17) is 23.7 Å². The molecule has 400 valence electrons. The summed E-state index contributed by atoms with van der Waals surface area (Å²) in [5.74, 6) is 4.04. The smallest absolute Gasteiger partial charge is 0.125 e. The molecule has 0 bridgehead atoms. The number of para-hydroxylation sites is 3. The van der Waals surface area contributed by atoms with E-state index in [9.17, 15) is 0 Å². The summed E-state index contributed by atoms with van der Waals surface area (Å²) in [5.41, 5.74) is 26.7. The summed E-state index contributed by atoms with van der Waals surface area (Å²) in [6.45, 7) is 31.9. The topological polar surface area (TPSA) is 70.2 Å². The van der Waals surface area contributed by atoms with Gasteiger partial charge in [-0.15, -0.1) is 0 Å². The Kier molecular flexibility index (Phi) is 19.2. The number of hydrogen-bond donors (Lipinski definition) is 2. The quantitative estimate of drug-likeness (QED) is 0.157. The van der Waals surface area contributed by atoms with E-state index in [1.807, 2.05) is 0 Å². The first kappa shape index (κ1) is 55.8. The van der Waals surface area contributed by atoms with Gasteiger partial charge < -0.3 is 34.3 Å². The van der Waals surface area contributed by atoms with Crippen molar-refractivity contribution in [3.63, 3.8) is 0 Å². The second kappa shape index (κ2) is 26.1. The summed E-state index contributed by atoms with van der Waals surface area (Å²) < 4.78 is 27.8. The molecule has 7 aromatic carbocycles. The molecule has 7 aromatic rings. The fourth-order valence-electron chi connectivity index (χ4n) is 11.1. The molecule has 0 amide bonds. The van der Waals surface area contributed by atoms with E-state index in [1.165, 1.54) is 107 Å². The van der Waals surface area contributed by atoms with Crippen molar-refractivity contribution < 1.29 is 23.7 Å². The lowest BCUT2D eigenvalue weighted by atomic mass is 9.91. The summed E-state index contributed by atoms with van der Waals surface area (Å²) in [4.78, 5) is 0. The van der Waals surface area contributed by atoms with Gasteiger partial charge in [-0.2, -0.15) is 0 Å². The van der Waals surface area contributed by atoms with Crippen LogP contribution >= 0.6 is 0 Å². The highest BCUT2D eigenvalue weighted by Crippen LogP contribution is 2.42. The van der Waals surface area contributed by atoms with Crippen LogP contribution in [-0.2, 0) is 40.3 Å². The fraction of sp³-hybridized carbons (Fsp3) is 0.391. The number of rotatable bonds is 0. The van der Waals surface area contributed by atoms with E-state index in [-0.39, 0.29) is 6.10 Å². The van der Waals surface area contributed by atoms with Gasteiger partial charge in [0.1, 0.15) is 11.5 Å². The van der Waals surface area contributed by atoms with Gasteiger partial charge in [0.2, 0.25) is 0 Å². The zero-order valence-electron chi connectivity index (χ0n) is 47.7. The Morgan fingerprint density at radius 1 is 0.382 bits per heavy atom. The molecule has 6 aliphatic rings. The van der Waals surface area contributed by atoms with Gasteiger partial charge in [-0.05, 0) is 195 Å². The number of anilines is 4. The molecule has 2 N–H and O–H groups in total. The SMILES string of the molecule is CC1COC(C)c2ccccc21.Cc1ccc(C)c2c1CCCO2.Cc1ccc(C)c2c1CCOC2.Cc1cccc2c1COCC2C.Cc1cccc2c1Nc1cccc(C)c1N2.Cc1cccc2c1OCCC2C. The zero-order valence-corrected chi connectivity index (χ0v) is 47.7. The Morgan fingerprint density at radius 3 is 1.53 bits per heavy atom. The summed E-state index contributed by atoms with van der Waals surface area (Å²) in [6.07, 6.45) is 4.86. The van der Waals surface area contributed by atoms with Crippen LogP contribution in [0.1, 0.15) is 153 Å². The maximum atomic E-state index is 5.64. The number of benzene rings is 7. The van der Waals surface area contributed by atoms with E-state index in [2.05, 4.69) is 215 Å². The first-order valence-corrected chi connectivity index (χ1v) is 27.9. The maximum absolute atomic E-state index is 5.64. The monoisotopic (exact) mass is 1020 g/mol. The molecule has 7 nitrogen and oxygen atoms in total. The lowest BCUT2D eigenvalue weighted by molar-refractivity contribution is 0.0429. The Balaban J connectivity index is 0.000000121. The molecule has 4 unspecified atom stereocenters. The van der Waals surface area contributed by atoms with Gasteiger partial charge in [0, 0.05) is 11.8 Å². The summed E-state index contributed by atoms with van der Waals surface area (Å²) in [7, 11) is 0. The Morgan fingerprint density at radius 2 is 0.895 bits per heavy atom. The van der Waals surface area contributed by atoms with Gasteiger partial charge in [-0.3, -0.25) is 0 Å². The van der Waals surface area contributed by atoms with Crippen LogP contribution in [0.25, 0.3) is 0 Å². The highest BCUT2D eigenvalue weighted by atomic mass is 16.5. The van der Waals surface area contributed by atoms with E-state index >= 15 is 0 Å². The highest BCUT2D eigenvalue weighted by Gasteiger charge is 2.23. The molecule has 6 aliphatic heterocycles. The van der Waals surface area contributed by atoms with Crippen molar-refractivity contribution in [1.82, 2.24) is 0 Å². The van der Waals surface area contributed by atoms with Gasteiger partial charge in [0.15, 0.2) is 0 Å². The summed E-state index contributed by atoms with van der Waals surface area (Å²) in [5, 5.41) is 6.97. The van der Waals surface area contributed by atoms with E-state index in [0.717, 1.165) is 88.4 Å². The number of hydrogen-bond acceptors (Lipinski definition) is 7. The first-order valence-electron chi connectivity index (χ1n) is 27.9. The number of ether oxygens (including phenoxy) is 5. The molecular formula is C69H84N2O5. The third-order valence-corrected chi connectivity index (χ3v) is 15.9. The fourth-order valence-corrected chi connectivity index (χ4v) is 11.1. The first-order chi connectivity index (χ1) is 36.7. The van der Waals surface area contributed by atoms with Crippen molar-refractivity contribution in [1.29, 1.82) is 0 Å². The highest BCUT2D eigenvalue weighted by molar-refractivity contribution is 5.92. The minimum Gasteiger partial charge on any atom is -0.493 e. The minimum atomic E-state index is 0.275. The largest absolute Gasteiger partial charge is 0.493 e. The lowest BCUT2D eigenvalue weighted by Gasteiger charge is -2.27. The molecule has 0 aromatic heterocycles. The molecule has 13 rings (SSSR count). The van der Waals surface area contributed by atoms with Crippen molar-refractivity contribution >= 4 is 22.7 Å². The van der Waals surface area contributed by atoms with E-state index in [1.54, 1.807) is 0 Å². The van der Waals surface area contributed by atoms with Crippen LogP contribution in [0.4, 0.5) is 22.7 Å². The standard InChI is InChI=1S/C14H14N2.5C11H14O/c1-9-5-3-7-11-13(9)15-12-8-4-6-10(2)14(12)16-11;1-8-3-4-9(2)11-7-12-6-5-10(8)11;1-8-5-6-9(2)11-10(8)4-3-7-12-11;1-8-4-3-5-10-9(2)6-12-7-11(8)10;1-8-6-7-12-11-9(2)4-3-5-10(8)11;1-8-7-12-9(2)11-6-4-3-5-10(8)11/h3-8,15-16H,1-2H3;3-4H,5-7H2,1-2H3;5-6H,3-4,7H2,1-2H3;3-5,9H,6-7H2,1-2H3;3-5,8H,6-7H2,1-2H3;3-6,8-9H,7H2,1-2H3. The van der Waals surface area contributed by atoms with Crippen molar-refractivity contribution in [3.05, 3.63) is 210 Å². The van der Waals surface area contributed by atoms with Crippen molar-refractivity contribution in [3.8, 4) is 11.5 Å². The van der Waals surface area contributed by atoms with Gasteiger partial charge in [-0.25, -0.2) is 0 Å². The number of nitrogens with one attached hydrogen (secondary N) is 2. The van der Waals surface area contributed by atoms with Gasteiger partial charge in [0.05, 0.1) is 75.1 Å². The average Bonchev–Trinajstić information content (AvgIpc) is 3.45. The van der Waals surface area contributed by atoms with Gasteiger partial charge in [0.25, 0.3) is 0 Å². The summed E-state index contributed by atoms with van der Waals surface area (Å²) >= 11 is 0. The van der Waals surface area contributed by atoms with Gasteiger partial charge >= 0.3 is 0 Å². The van der Waals surface area contributed by atoms with Crippen molar-refractivity contribution in [2.75, 3.05) is 43.7 Å². The predicted molar refractivity (Wildman–Crippen MR) is 316 cm³/mol. The molecule has 0 aliphatic carbocycles. The van der Waals surface area contributed by atoms with E-state index < -0.39 is 0 Å². The van der Waals surface area contributed by atoms with E-state index in [0.29, 0.717) is 17.8 Å². The molecule has 0 saturated carbocycles. The van der Waals surface area contributed by atoms with Crippen LogP contribution in [0.2, 0.25) is 0 Å². The van der Waals surface area contributed by atoms with Crippen LogP contribution in [0, 0.1) is 55.4 Å². The normalized spacial score (nSPS) is 18.7. The van der Waals surface area contributed by atoms with Crippen LogP contribution in [0.15, 0.2) is 121 Å². The predicted octanol–water partition coefficient (Wildman–Crippen LogP) is 17.5. The van der Waals surface area contributed by atoms with Gasteiger partial charge in [-0.1, -0.05) is 130 Å². The maximum Gasteiger partial charge on any atom is 0.125 e. The Bertz CT molecular complexity index is 2820. The molecule has 6 heterocycles. The van der Waals surface area contributed by atoms with Crippen molar-refractivity contribution in [2.24, 2.45) is 0 Å². The zero-order chi connectivity index (χ0) is 53.9. The summed E-state index contributed by atoms with van der Waals surface area (Å²) in [6, 6.07) is 42.8. The van der Waals surface area contributed by atoms with Crippen molar-refractivity contribution in [2.45, 2.75) is 146 Å². The Hall–Kier alpha value is -6.38. The molecule has 0 spiro atoms.